The van der Waals surface area contributed by atoms with Crippen molar-refractivity contribution >= 4 is 23.1 Å². The van der Waals surface area contributed by atoms with Crippen molar-refractivity contribution in [2.75, 3.05) is 69.2 Å². The molecule has 12 heteroatoms. The number of alkyl halides is 3. The summed E-state index contributed by atoms with van der Waals surface area (Å²) in [6.07, 6.45) is 8.41. The molecule has 3 aliphatic rings. The number of ketones is 1. The maximum atomic E-state index is 13.5. The number of hydrogen-bond acceptors (Lipinski definition) is 8. The molecule has 0 bridgehead atoms. The minimum atomic E-state index is -4.59. The summed E-state index contributed by atoms with van der Waals surface area (Å²) in [5, 5.41) is 15.1. The number of halogens is 3. The predicted octanol–water partition coefficient (Wildman–Crippen LogP) is 14.8. The molecule has 2 heterocycles. The number of hydrogen-bond donors (Lipinski definition) is 2. The van der Waals surface area contributed by atoms with Crippen LogP contribution in [0.4, 0.5) is 24.5 Å². The Kier molecular flexibility index (Phi) is 30.8. The van der Waals surface area contributed by atoms with Gasteiger partial charge >= 0.3 is 6.18 Å². The minimum Gasteiger partial charge on any atom is -0.493 e. The van der Waals surface area contributed by atoms with E-state index in [9.17, 15) is 22.8 Å². The zero-order chi connectivity index (χ0) is 54.3. The number of rotatable bonds is 19. The second-order valence-corrected chi connectivity index (χ2v) is 20.4. The highest BCUT2D eigenvalue weighted by Gasteiger charge is 2.34. The summed E-state index contributed by atoms with van der Waals surface area (Å²) < 4.78 is 46.7. The third-order valence-corrected chi connectivity index (χ3v) is 13.0. The fraction of sp³-hybridized carbons (Fsp3) is 0.590. The van der Waals surface area contributed by atoms with E-state index in [2.05, 4.69) is 92.5 Å². The molecule has 2 N–H and O–H groups in total. The largest absolute Gasteiger partial charge is 0.493 e. The molecule has 73 heavy (non-hydrogen) atoms. The van der Waals surface area contributed by atoms with E-state index in [4.69, 9.17) is 10.00 Å². The molecule has 1 unspecified atom stereocenters. The molecule has 3 fully saturated rings. The van der Waals surface area contributed by atoms with Crippen LogP contribution in [0.15, 0.2) is 90.3 Å². The highest BCUT2D eigenvalue weighted by atomic mass is 19.4. The summed E-state index contributed by atoms with van der Waals surface area (Å²) in [5.41, 5.74) is 5.55. The van der Waals surface area contributed by atoms with Crippen LogP contribution in [0.3, 0.4) is 0 Å². The molecule has 2 saturated heterocycles. The fourth-order valence-electron chi connectivity index (χ4n) is 7.97. The van der Waals surface area contributed by atoms with Crippen molar-refractivity contribution in [1.29, 1.82) is 5.26 Å². The van der Waals surface area contributed by atoms with Gasteiger partial charge in [0.25, 0.3) is 0 Å². The molecule has 3 aromatic rings. The zero-order valence-electron chi connectivity index (χ0n) is 46.8. The zero-order valence-corrected chi connectivity index (χ0v) is 46.8. The Bertz CT molecular complexity index is 2120. The molecule has 2 aliphatic heterocycles. The van der Waals surface area contributed by atoms with Gasteiger partial charge in [-0.05, 0) is 126 Å². The number of allylic oxidation sites excluding steroid dienone is 2. The second kappa shape index (κ2) is 35.1. The first-order chi connectivity index (χ1) is 34.8. The number of nitrogens with zero attached hydrogens (tertiary/aromatic N) is 4. The molecule has 0 spiro atoms. The van der Waals surface area contributed by atoms with E-state index in [1.54, 1.807) is 13.0 Å². The van der Waals surface area contributed by atoms with Crippen molar-refractivity contribution in [2.45, 2.75) is 159 Å². The molecule has 0 radical (unpaired) electrons. The number of amides is 1. The first-order valence-electron chi connectivity index (χ1n) is 27.3. The number of carbonyl (C=O) groups excluding carboxylic acids is 2. The van der Waals surface area contributed by atoms with Gasteiger partial charge in [-0.25, -0.2) is 0 Å². The van der Waals surface area contributed by atoms with Crippen LogP contribution in [-0.4, -0.2) is 80.5 Å². The fourth-order valence-corrected chi connectivity index (χ4v) is 7.97. The van der Waals surface area contributed by atoms with Gasteiger partial charge in [-0.3, -0.25) is 14.5 Å². The van der Waals surface area contributed by atoms with E-state index >= 15 is 0 Å². The molecular formula is C61H93F3N6O3. The van der Waals surface area contributed by atoms with E-state index in [0.717, 1.165) is 106 Å². The maximum absolute atomic E-state index is 13.5. The molecule has 1 amide bonds. The first kappa shape index (κ1) is 64.0. The summed E-state index contributed by atoms with van der Waals surface area (Å²) >= 11 is 0. The maximum Gasteiger partial charge on any atom is 0.417 e. The van der Waals surface area contributed by atoms with E-state index in [1.165, 1.54) is 80.6 Å². The number of nitriles is 1. The van der Waals surface area contributed by atoms with E-state index in [0.29, 0.717) is 18.7 Å². The number of piperazine rings is 1. The molecular weight excluding hydrogens is 922 g/mol. The van der Waals surface area contributed by atoms with E-state index in [-0.39, 0.29) is 29.1 Å². The van der Waals surface area contributed by atoms with Crippen LogP contribution in [0.5, 0.6) is 5.75 Å². The number of piperidine rings is 1. The topological polar surface area (TPSA) is 101 Å². The van der Waals surface area contributed by atoms with Crippen LogP contribution in [-0.2, 0) is 22.2 Å². The van der Waals surface area contributed by atoms with Crippen LogP contribution in [0.2, 0.25) is 0 Å². The Hall–Kier alpha value is -5.12. The summed E-state index contributed by atoms with van der Waals surface area (Å²) in [5.74, 6) is 2.13. The summed E-state index contributed by atoms with van der Waals surface area (Å²) in [4.78, 5) is 29.2. The lowest BCUT2D eigenvalue weighted by Crippen LogP contribution is -2.48. The minimum absolute atomic E-state index is 0.0436. The van der Waals surface area contributed by atoms with Crippen LogP contribution in [0.25, 0.3) is 0 Å². The van der Waals surface area contributed by atoms with Gasteiger partial charge in [0, 0.05) is 80.3 Å². The van der Waals surface area contributed by atoms with Crippen molar-refractivity contribution in [3.63, 3.8) is 0 Å². The van der Waals surface area contributed by atoms with Gasteiger partial charge in [0.2, 0.25) is 5.91 Å². The van der Waals surface area contributed by atoms with E-state index in [1.807, 2.05) is 57.2 Å². The Morgan fingerprint density at radius 1 is 0.904 bits per heavy atom. The summed E-state index contributed by atoms with van der Waals surface area (Å²) in [6.45, 7) is 35.9. The van der Waals surface area contributed by atoms with Gasteiger partial charge in [0.15, 0.2) is 0 Å². The van der Waals surface area contributed by atoms with Crippen molar-refractivity contribution in [3.05, 3.63) is 113 Å². The van der Waals surface area contributed by atoms with Crippen molar-refractivity contribution in [2.24, 2.45) is 17.8 Å². The molecule has 406 valence electrons. The smallest absolute Gasteiger partial charge is 0.417 e. The third kappa shape index (κ3) is 25.6. The highest BCUT2D eigenvalue weighted by Crippen LogP contribution is 2.37. The van der Waals surface area contributed by atoms with Gasteiger partial charge in [-0.2, -0.15) is 18.4 Å². The van der Waals surface area contributed by atoms with Gasteiger partial charge in [0.1, 0.15) is 11.5 Å². The molecule has 3 aromatic carbocycles. The summed E-state index contributed by atoms with van der Waals surface area (Å²) in [6, 6.07) is 21.7. The Balaban J connectivity index is 0.000000523. The Morgan fingerprint density at radius 3 is 2.03 bits per heavy atom. The SMILES string of the molecule is C=C1CCC(C)C(=O)N1.CC(=O)Cc1ccc(C)cc1.CCC.CCC(C)C.CCCCCN(CCC)CCN1CCN(c2ccc(OC[C@@H](C)C(Nc3ccc(C#N)c(C(F)(F)F)c3)=C3CCC3)cc2)CC1. The quantitative estimate of drug-likeness (QED) is 0.115. The van der Waals surface area contributed by atoms with Crippen molar-refractivity contribution in [3.8, 4) is 11.8 Å². The Labute approximate surface area is 440 Å². The first-order valence-corrected chi connectivity index (χ1v) is 27.3. The number of aryl methyl sites for hydroxylation is 1. The van der Waals surface area contributed by atoms with Crippen LogP contribution in [0.1, 0.15) is 162 Å². The third-order valence-electron chi connectivity index (χ3n) is 13.0. The lowest BCUT2D eigenvalue weighted by Gasteiger charge is -2.37. The van der Waals surface area contributed by atoms with Crippen LogP contribution in [0, 0.1) is 36.0 Å². The molecule has 2 atom stereocenters. The summed E-state index contributed by atoms with van der Waals surface area (Å²) in [7, 11) is 0. The number of carbonyl (C=O) groups is 2. The lowest BCUT2D eigenvalue weighted by molar-refractivity contribution is -0.137. The average molecular weight is 1020 g/mol. The van der Waals surface area contributed by atoms with Gasteiger partial charge in [-0.15, -0.1) is 0 Å². The van der Waals surface area contributed by atoms with Gasteiger partial charge < -0.3 is 25.2 Å². The lowest BCUT2D eigenvalue weighted by atomic mass is 9.87. The van der Waals surface area contributed by atoms with Crippen LogP contribution < -0.4 is 20.3 Å². The average Bonchev–Trinajstić information content (AvgIpc) is 3.34. The number of benzene rings is 3. The molecule has 0 aromatic heterocycles. The predicted molar refractivity (Wildman–Crippen MR) is 299 cm³/mol. The van der Waals surface area contributed by atoms with E-state index < -0.39 is 11.7 Å². The highest BCUT2D eigenvalue weighted by molar-refractivity contribution is 5.81. The molecule has 6 rings (SSSR count). The number of anilines is 2. The number of Topliss-reactive ketones (excluding diaryl/α,β-unsaturated/α-hetero) is 1. The Morgan fingerprint density at radius 2 is 1.53 bits per heavy atom. The normalized spacial score (nSPS) is 15.8. The standard InChI is InChI=1S/C36H50F3N5O.C10H12O.C7H11NO.C5H12.C3H8/c1-4-6-7-18-42(17-5-2)19-20-43-21-23-44(24-22-43)32-13-15-33(16-14-32)45-27-28(3)35(29-9-8-10-29)41-31-12-11-30(26-40)34(25-31)36(37,38)39;1-8-3-5-10(6-4-8)7-9(2)11;1-5-3-4-6(2)8-7(5)9;1-4-5(2)3;1-3-2/h11-16,25,28,41H,4-10,17-24,27H2,1-3H3;3-6H,7H2,1-2H3;5H,2-4H2,1H3,(H,8,9);5H,4H2,1-3H3;3H2,1-2H3/t28-;;;;/m1..../s1. The molecule has 9 nitrogen and oxygen atoms in total. The molecule has 1 saturated carbocycles. The van der Waals surface area contributed by atoms with Crippen LogP contribution >= 0.6 is 0 Å². The van der Waals surface area contributed by atoms with Crippen molar-refractivity contribution < 1.29 is 27.5 Å². The molecule has 1 aliphatic carbocycles. The van der Waals surface area contributed by atoms with Gasteiger partial charge in [0.05, 0.1) is 23.8 Å². The number of nitrogens with one attached hydrogen (secondary N) is 2. The monoisotopic (exact) mass is 1010 g/mol. The van der Waals surface area contributed by atoms with Crippen molar-refractivity contribution in [1.82, 2.24) is 15.1 Å². The number of ether oxygens (including phenoxy) is 1. The number of unbranched alkanes of at least 4 members (excludes halogenated alkanes) is 2. The second-order valence-electron chi connectivity index (χ2n) is 20.4. The van der Waals surface area contributed by atoms with Gasteiger partial charge in [-0.1, -0.05) is 130 Å².